The first kappa shape index (κ1) is 12.3. The highest BCUT2D eigenvalue weighted by molar-refractivity contribution is 7.85. The molecule has 1 saturated heterocycles. The lowest BCUT2D eigenvalue weighted by Crippen LogP contribution is -2.29. The molecule has 0 aliphatic carbocycles. The van der Waals surface area contributed by atoms with Gasteiger partial charge in [0.2, 0.25) is 5.82 Å². The van der Waals surface area contributed by atoms with Crippen LogP contribution in [-0.2, 0) is 10.8 Å². The summed E-state index contributed by atoms with van der Waals surface area (Å²) in [6, 6.07) is 8.35. The smallest absolute Gasteiger partial charge is 0.204 e. The normalized spacial score (nSPS) is 23.2. The van der Waals surface area contributed by atoms with E-state index in [1.165, 1.54) is 0 Å². The Bertz CT molecular complexity index is 561. The van der Waals surface area contributed by atoms with E-state index >= 15 is 0 Å². The molecule has 0 unspecified atom stereocenters. The van der Waals surface area contributed by atoms with Gasteiger partial charge in [-0.05, 0) is 30.2 Å². The number of nitrogens with one attached hydrogen (secondary N) is 2. The summed E-state index contributed by atoms with van der Waals surface area (Å²) >= 11 is 0. The lowest BCUT2D eigenvalue weighted by atomic mass is 10.1. The number of aromatic amines is 1. The molecule has 1 aromatic heterocycles. The minimum absolute atomic E-state index is 0.401. The number of nitrogens with zero attached hydrogens (tertiary/aromatic N) is 3. The molecule has 2 N–H and O–H groups in total. The third kappa shape index (κ3) is 2.98. The van der Waals surface area contributed by atoms with Crippen molar-refractivity contribution in [3.8, 4) is 11.4 Å². The van der Waals surface area contributed by atoms with Crippen molar-refractivity contribution in [1.82, 2.24) is 20.6 Å². The van der Waals surface area contributed by atoms with E-state index in [9.17, 15) is 4.21 Å². The Labute approximate surface area is 113 Å². The summed E-state index contributed by atoms with van der Waals surface area (Å²) in [6.45, 7) is 0. The lowest BCUT2D eigenvalue weighted by Gasteiger charge is -2.23. The van der Waals surface area contributed by atoms with Gasteiger partial charge in [0.1, 0.15) is 0 Å². The summed E-state index contributed by atoms with van der Waals surface area (Å²) in [5.74, 6) is 2.18. The molecule has 100 valence electrons. The third-order valence-electron chi connectivity index (χ3n) is 3.22. The molecule has 1 fully saturated rings. The Hall–Kier alpha value is -1.76. The van der Waals surface area contributed by atoms with Crippen molar-refractivity contribution < 1.29 is 4.21 Å². The van der Waals surface area contributed by atoms with Crippen LogP contribution in [0.4, 0.5) is 5.69 Å². The van der Waals surface area contributed by atoms with Crippen LogP contribution in [0.2, 0.25) is 0 Å². The second-order valence-electron chi connectivity index (χ2n) is 4.58. The van der Waals surface area contributed by atoms with Crippen molar-refractivity contribution in [3.63, 3.8) is 0 Å². The molecule has 0 amide bonds. The van der Waals surface area contributed by atoms with Gasteiger partial charge < -0.3 is 5.32 Å². The monoisotopic (exact) mass is 277 g/mol. The van der Waals surface area contributed by atoms with Crippen molar-refractivity contribution in [2.75, 3.05) is 16.8 Å². The molecule has 0 bridgehead atoms. The Morgan fingerprint density at radius 1 is 1.32 bits per heavy atom. The van der Waals surface area contributed by atoms with Gasteiger partial charge in [0.05, 0.1) is 0 Å². The Morgan fingerprint density at radius 2 is 2.16 bits per heavy atom. The first-order valence-electron chi connectivity index (χ1n) is 6.26. The van der Waals surface area contributed by atoms with Crippen molar-refractivity contribution in [1.29, 1.82) is 0 Å². The average Bonchev–Trinajstić information content (AvgIpc) is 2.96. The maximum Gasteiger partial charge on any atom is 0.204 e. The van der Waals surface area contributed by atoms with E-state index < -0.39 is 10.8 Å². The van der Waals surface area contributed by atoms with Crippen molar-refractivity contribution in [3.05, 3.63) is 24.3 Å². The number of hydrogen-bond acceptors (Lipinski definition) is 5. The third-order valence-corrected chi connectivity index (χ3v) is 4.61. The Morgan fingerprint density at radius 3 is 2.89 bits per heavy atom. The second kappa shape index (κ2) is 5.48. The first-order chi connectivity index (χ1) is 9.31. The molecule has 1 aliphatic heterocycles. The van der Waals surface area contributed by atoms with E-state index in [0.717, 1.165) is 35.6 Å². The Balaban J connectivity index is 1.71. The Kier molecular flexibility index (Phi) is 3.54. The van der Waals surface area contributed by atoms with Crippen LogP contribution in [0.15, 0.2) is 24.3 Å². The topological polar surface area (TPSA) is 83.6 Å². The highest BCUT2D eigenvalue weighted by Crippen LogP contribution is 2.21. The van der Waals surface area contributed by atoms with Gasteiger partial charge in [0.25, 0.3) is 0 Å². The molecule has 0 atom stereocenters. The second-order valence-corrected chi connectivity index (χ2v) is 6.28. The van der Waals surface area contributed by atoms with Crippen LogP contribution in [0.1, 0.15) is 12.8 Å². The number of benzene rings is 1. The van der Waals surface area contributed by atoms with Gasteiger partial charge in [-0.2, -0.15) is 5.21 Å². The molecule has 3 rings (SSSR count). The summed E-state index contributed by atoms with van der Waals surface area (Å²) in [5, 5.41) is 17.4. The van der Waals surface area contributed by atoms with E-state index in [2.05, 4.69) is 25.9 Å². The summed E-state index contributed by atoms with van der Waals surface area (Å²) in [7, 11) is -0.620. The SMILES string of the molecule is O=S1CCC(Nc2cccc(-c3nn[nH]n3)c2)CC1. The lowest BCUT2D eigenvalue weighted by molar-refractivity contribution is 0.624. The molecule has 2 aromatic rings. The molecule has 0 spiro atoms. The van der Waals surface area contributed by atoms with E-state index in [4.69, 9.17) is 0 Å². The first-order valence-corrected chi connectivity index (χ1v) is 7.75. The highest BCUT2D eigenvalue weighted by Gasteiger charge is 2.17. The van der Waals surface area contributed by atoms with Crippen LogP contribution in [0, 0.1) is 0 Å². The zero-order valence-corrected chi connectivity index (χ0v) is 11.2. The molecular weight excluding hydrogens is 262 g/mol. The summed E-state index contributed by atoms with van der Waals surface area (Å²) in [5.41, 5.74) is 1.97. The fourth-order valence-corrected chi connectivity index (χ4v) is 3.50. The van der Waals surface area contributed by atoms with Crippen molar-refractivity contribution in [2.45, 2.75) is 18.9 Å². The van der Waals surface area contributed by atoms with Crippen LogP contribution in [0.3, 0.4) is 0 Å². The molecular formula is C12H15N5OS. The number of H-pyrrole nitrogens is 1. The van der Waals surface area contributed by atoms with E-state index in [1.54, 1.807) is 0 Å². The predicted octanol–water partition coefficient (Wildman–Crippen LogP) is 1.19. The van der Waals surface area contributed by atoms with Crippen LogP contribution >= 0.6 is 0 Å². The van der Waals surface area contributed by atoms with Gasteiger partial charge in [-0.15, -0.1) is 10.2 Å². The van der Waals surface area contributed by atoms with Crippen LogP contribution < -0.4 is 5.32 Å². The standard InChI is InChI=1S/C12H15N5OS/c18-19-6-4-10(5-7-19)13-11-3-1-2-9(8-11)12-14-16-17-15-12/h1-3,8,10,13H,4-7H2,(H,14,15,16,17). The van der Waals surface area contributed by atoms with E-state index in [0.29, 0.717) is 11.9 Å². The van der Waals surface area contributed by atoms with Crippen LogP contribution in [0.5, 0.6) is 0 Å². The number of hydrogen-bond donors (Lipinski definition) is 2. The highest BCUT2D eigenvalue weighted by atomic mass is 32.2. The van der Waals surface area contributed by atoms with Crippen LogP contribution in [0.25, 0.3) is 11.4 Å². The maximum atomic E-state index is 11.3. The molecule has 2 heterocycles. The van der Waals surface area contributed by atoms with Gasteiger partial charge in [-0.1, -0.05) is 12.1 Å². The molecule has 0 radical (unpaired) electrons. The van der Waals surface area contributed by atoms with Gasteiger partial charge in [0, 0.05) is 39.6 Å². The van der Waals surface area contributed by atoms with E-state index in [1.807, 2.05) is 24.3 Å². The van der Waals surface area contributed by atoms with Gasteiger partial charge in [-0.25, -0.2) is 0 Å². The summed E-state index contributed by atoms with van der Waals surface area (Å²) in [4.78, 5) is 0. The zero-order chi connectivity index (χ0) is 13.1. The molecule has 1 aromatic carbocycles. The van der Waals surface area contributed by atoms with Crippen molar-refractivity contribution >= 4 is 16.5 Å². The summed E-state index contributed by atoms with van der Waals surface area (Å²) in [6.07, 6.45) is 1.91. The molecule has 7 heteroatoms. The number of rotatable bonds is 3. The minimum Gasteiger partial charge on any atom is -0.382 e. The number of tetrazole rings is 1. The van der Waals surface area contributed by atoms with Crippen molar-refractivity contribution in [2.24, 2.45) is 0 Å². The van der Waals surface area contributed by atoms with Gasteiger partial charge in [0.15, 0.2) is 0 Å². The van der Waals surface area contributed by atoms with Gasteiger partial charge in [-0.3, -0.25) is 4.21 Å². The molecule has 0 saturated carbocycles. The number of anilines is 1. The molecule has 19 heavy (non-hydrogen) atoms. The predicted molar refractivity (Wildman–Crippen MR) is 74.1 cm³/mol. The minimum atomic E-state index is -0.620. The van der Waals surface area contributed by atoms with E-state index in [-0.39, 0.29) is 0 Å². The molecule has 6 nitrogen and oxygen atoms in total. The maximum absolute atomic E-state index is 11.3. The largest absolute Gasteiger partial charge is 0.382 e. The quantitative estimate of drug-likeness (QED) is 0.880. The number of aromatic nitrogens is 4. The zero-order valence-electron chi connectivity index (χ0n) is 10.4. The van der Waals surface area contributed by atoms with Gasteiger partial charge >= 0.3 is 0 Å². The average molecular weight is 277 g/mol. The summed E-state index contributed by atoms with van der Waals surface area (Å²) < 4.78 is 11.3. The fourth-order valence-electron chi connectivity index (χ4n) is 2.21. The molecule has 1 aliphatic rings. The van der Waals surface area contributed by atoms with Crippen LogP contribution in [-0.4, -0.2) is 42.4 Å². The fraction of sp³-hybridized carbons (Fsp3) is 0.417.